The second-order valence-electron chi connectivity index (χ2n) is 8.49. The second kappa shape index (κ2) is 7.86. The Hall–Kier alpha value is -3.10. The number of rotatable bonds is 5. The lowest BCUT2D eigenvalue weighted by Gasteiger charge is -2.40. The number of methoxy groups -OCH3 is 1. The molecule has 0 spiro atoms. The van der Waals surface area contributed by atoms with Gasteiger partial charge in [-0.3, -0.25) is 5.10 Å². The number of morpholine rings is 1. The zero-order valence-electron chi connectivity index (χ0n) is 18.3. The van der Waals surface area contributed by atoms with Gasteiger partial charge in [0.15, 0.2) is 5.82 Å². The molecule has 162 valence electrons. The van der Waals surface area contributed by atoms with Crippen molar-refractivity contribution in [3.63, 3.8) is 0 Å². The van der Waals surface area contributed by atoms with Crippen LogP contribution in [0, 0.1) is 0 Å². The number of fused-ring (bicyclic) bond motifs is 2. The number of ether oxygens (including phenoxy) is 2. The molecular formula is C23H28N6O2. The van der Waals surface area contributed by atoms with Gasteiger partial charge in [-0.25, -0.2) is 4.98 Å². The fourth-order valence-electron chi connectivity index (χ4n) is 4.28. The molecule has 2 N–H and O–H groups in total. The van der Waals surface area contributed by atoms with Gasteiger partial charge < -0.3 is 24.3 Å². The van der Waals surface area contributed by atoms with Crippen LogP contribution in [-0.2, 0) is 4.74 Å². The van der Waals surface area contributed by atoms with Gasteiger partial charge in [0.25, 0.3) is 0 Å². The number of aromatic amines is 2. The number of aromatic nitrogens is 4. The maximum atomic E-state index is 6.03. The molecule has 8 nitrogen and oxygen atoms in total. The summed E-state index contributed by atoms with van der Waals surface area (Å²) in [6.07, 6.45) is 0.199. The van der Waals surface area contributed by atoms with Gasteiger partial charge in [0.05, 0.1) is 36.4 Å². The smallest absolute Gasteiger partial charge is 0.159 e. The number of nitrogens with one attached hydrogen (secondary N) is 2. The van der Waals surface area contributed by atoms with Crippen molar-refractivity contribution in [2.24, 2.45) is 0 Å². The van der Waals surface area contributed by atoms with Crippen molar-refractivity contribution >= 4 is 27.6 Å². The number of benzene rings is 2. The van der Waals surface area contributed by atoms with Crippen molar-refractivity contribution < 1.29 is 9.47 Å². The van der Waals surface area contributed by atoms with Crippen molar-refractivity contribution in [3.8, 4) is 17.3 Å². The predicted octanol–water partition coefficient (Wildman–Crippen LogP) is 3.27. The quantitative estimate of drug-likeness (QED) is 0.516. The molecule has 0 amide bonds. The second-order valence-corrected chi connectivity index (χ2v) is 8.49. The van der Waals surface area contributed by atoms with E-state index in [1.54, 1.807) is 7.11 Å². The lowest BCUT2D eigenvalue weighted by molar-refractivity contribution is 0.00880. The van der Waals surface area contributed by atoms with Crippen LogP contribution in [0.2, 0.25) is 0 Å². The molecule has 0 bridgehead atoms. The van der Waals surface area contributed by atoms with E-state index in [2.05, 4.69) is 64.2 Å². The van der Waals surface area contributed by atoms with Crippen LogP contribution in [0.1, 0.15) is 6.92 Å². The Labute approximate surface area is 181 Å². The molecule has 0 aliphatic carbocycles. The summed E-state index contributed by atoms with van der Waals surface area (Å²) in [6, 6.07) is 12.6. The number of hydrogen-bond acceptors (Lipinski definition) is 6. The molecule has 2 aromatic carbocycles. The van der Waals surface area contributed by atoms with E-state index in [1.807, 2.05) is 18.2 Å². The van der Waals surface area contributed by atoms with Crippen molar-refractivity contribution in [1.29, 1.82) is 0 Å². The summed E-state index contributed by atoms with van der Waals surface area (Å²) in [6.45, 7) is 4.72. The minimum absolute atomic E-state index is 0.199. The van der Waals surface area contributed by atoms with E-state index in [0.717, 1.165) is 58.9 Å². The Balaban J connectivity index is 1.48. The van der Waals surface area contributed by atoms with E-state index in [1.165, 1.54) is 5.69 Å². The first-order valence-electron chi connectivity index (χ1n) is 10.6. The van der Waals surface area contributed by atoms with Gasteiger partial charge in [0.1, 0.15) is 11.4 Å². The van der Waals surface area contributed by atoms with Gasteiger partial charge in [-0.2, -0.15) is 5.10 Å². The highest BCUT2D eigenvalue weighted by molar-refractivity contribution is 5.94. The fraction of sp³-hybridized carbons (Fsp3) is 0.391. The van der Waals surface area contributed by atoms with Gasteiger partial charge in [-0.05, 0) is 57.4 Å². The third-order valence-electron chi connectivity index (χ3n) is 5.87. The van der Waals surface area contributed by atoms with E-state index in [-0.39, 0.29) is 6.10 Å². The number of nitrogens with zero attached hydrogens (tertiary/aromatic N) is 4. The van der Waals surface area contributed by atoms with Gasteiger partial charge in [-0.15, -0.1) is 0 Å². The first-order chi connectivity index (χ1) is 15.0. The third-order valence-corrected chi connectivity index (χ3v) is 5.87. The van der Waals surface area contributed by atoms with E-state index in [4.69, 9.17) is 14.5 Å². The number of hydrogen-bond donors (Lipinski definition) is 2. The molecular weight excluding hydrogens is 392 g/mol. The molecule has 0 saturated carbocycles. The van der Waals surface area contributed by atoms with Crippen LogP contribution in [0.25, 0.3) is 33.5 Å². The topological polar surface area (TPSA) is 82.3 Å². The molecule has 2 aromatic heterocycles. The van der Waals surface area contributed by atoms with Crippen LogP contribution < -0.4 is 9.64 Å². The molecule has 3 heterocycles. The largest absolute Gasteiger partial charge is 0.497 e. The fourth-order valence-corrected chi connectivity index (χ4v) is 4.28. The predicted molar refractivity (Wildman–Crippen MR) is 123 cm³/mol. The normalized spacial score (nSPS) is 19.6. The molecule has 0 radical (unpaired) electrons. The molecule has 8 heteroatoms. The highest BCUT2D eigenvalue weighted by Crippen LogP contribution is 2.31. The van der Waals surface area contributed by atoms with Crippen LogP contribution >= 0.6 is 0 Å². The third kappa shape index (κ3) is 3.73. The first kappa shape index (κ1) is 19.8. The highest BCUT2D eigenvalue weighted by atomic mass is 16.5. The zero-order valence-corrected chi connectivity index (χ0v) is 18.3. The minimum Gasteiger partial charge on any atom is -0.497 e. The average molecular weight is 421 g/mol. The molecule has 2 unspecified atom stereocenters. The van der Waals surface area contributed by atoms with E-state index >= 15 is 0 Å². The van der Waals surface area contributed by atoms with Gasteiger partial charge in [0.2, 0.25) is 0 Å². The number of anilines is 1. The van der Waals surface area contributed by atoms with Gasteiger partial charge in [0, 0.05) is 30.2 Å². The standard InChI is InChI=1S/C23H28N6O2/c1-14-13-31-17(11-28(2)3)12-29(14)15-5-7-20-21(9-15)25-23(24-20)22-18-10-16(30-4)6-8-19(18)26-27-22/h5-10,14,17H,11-13H2,1-4H3,(H,24,25)(H,26,27). The van der Waals surface area contributed by atoms with Crippen LogP contribution in [-0.4, -0.2) is 78.1 Å². The van der Waals surface area contributed by atoms with Crippen LogP contribution in [0.5, 0.6) is 5.75 Å². The zero-order chi connectivity index (χ0) is 21.5. The average Bonchev–Trinajstić information content (AvgIpc) is 3.37. The summed E-state index contributed by atoms with van der Waals surface area (Å²) >= 11 is 0. The van der Waals surface area contributed by atoms with Crippen molar-refractivity contribution in [2.45, 2.75) is 19.1 Å². The first-order valence-corrected chi connectivity index (χ1v) is 10.6. The SMILES string of the molecule is COc1ccc2[nH]nc(-c3nc4ccc(N5CC(CN(C)C)OCC5C)cc4[nH]3)c2c1. The molecule has 2 atom stereocenters. The van der Waals surface area contributed by atoms with Crippen molar-refractivity contribution in [1.82, 2.24) is 25.1 Å². The molecule has 4 aromatic rings. The van der Waals surface area contributed by atoms with Crippen molar-refractivity contribution in [3.05, 3.63) is 36.4 Å². The Kier molecular flexibility index (Phi) is 5.03. The summed E-state index contributed by atoms with van der Waals surface area (Å²) in [5.74, 6) is 1.54. The maximum Gasteiger partial charge on any atom is 0.159 e. The van der Waals surface area contributed by atoms with E-state index in [9.17, 15) is 0 Å². The Morgan fingerprint density at radius 1 is 1.19 bits per heavy atom. The summed E-state index contributed by atoms with van der Waals surface area (Å²) in [5.41, 5.74) is 4.83. The minimum atomic E-state index is 0.199. The lowest BCUT2D eigenvalue weighted by atomic mass is 10.1. The van der Waals surface area contributed by atoms with Gasteiger partial charge in [-0.1, -0.05) is 0 Å². The molecule has 1 aliphatic heterocycles. The van der Waals surface area contributed by atoms with Crippen LogP contribution in [0.3, 0.4) is 0 Å². The number of H-pyrrole nitrogens is 2. The summed E-state index contributed by atoms with van der Waals surface area (Å²) in [7, 11) is 5.83. The maximum absolute atomic E-state index is 6.03. The van der Waals surface area contributed by atoms with E-state index < -0.39 is 0 Å². The highest BCUT2D eigenvalue weighted by Gasteiger charge is 2.27. The molecule has 1 saturated heterocycles. The molecule has 1 fully saturated rings. The summed E-state index contributed by atoms with van der Waals surface area (Å²) < 4.78 is 11.4. The Morgan fingerprint density at radius 2 is 2.06 bits per heavy atom. The summed E-state index contributed by atoms with van der Waals surface area (Å²) in [5, 5.41) is 8.55. The molecule has 5 rings (SSSR count). The van der Waals surface area contributed by atoms with Gasteiger partial charge >= 0.3 is 0 Å². The number of likely N-dealkylation sites (N-methyl/N-ethyl adjacent to an activating group) is 1. The van der Waals surface area contributed by atoms with E-state index in [0.29, 0.717) is 6.04 Å². The molecule has 31 heavy (non-hydrogen) atoms. The summed E-state index contributed by atoms with van der Waals surface area (Å²) in [4.78, 5) is 12.9. The van der Waals surface area contributed by atoms with Crippen molar-refractivity contribution in [2.75, 3.05) is 45.8 Å². The number of imidazole rings is 1. The molecule has 1 aliphatic rings. The lowest BCUT2D eigenvalue weighted by Crippen LogP contribution is -2.51. The Morgan fingerprint density at radius 3 is 2.87 bits per heavy atom. The van der Waals surface area contributed by atoms with Crippen LogP contribution in [0.4, 0.5) is 5.69 Å². The Bertz CT molecular complexity index is 1210. The van der Waals surface area contributed by atoms with Crippen LogP contribution in [0.15, 0.2) is 36.4 Å². The monoisotopic (exact) mass is 420 g/mol.